The number of sulfonamides is 1. The van der Waals surface area contributed by atoms with Crippen molar-refractivity contribution < 1.29 is 8.42 Å². The molecule has 1 aromatic rings. The van der Waals surface area contributed by atoms with Crippen LogP contribution in [-0.2, 0) is 16.4 Å². The van der Waals surface area contributed by atoms with E-state index < -0.39 is 10.0 Å². The zero-order valence-electron chi connectivity index (χ0n) is 12.1. The van der Waals surface area contributed by atoms with E-state index in [-0.39, 0.29) is 5.25 Å². The summed E-state index contributed by atoms with van der Waals surface area (Å²) in [5.74, 6) is 0. The molecule has 1 atom stereocenters. The summed E-state index contributed by atoms with van der Waals surface area (Å²) < 4.78 is 27.2. The smallest absolute Gasteiger partial charge is 0.236 e. The summed E-state index contributed by atoms with van der Waals surface area (Å²) in [5.41, 5.74) is 1.92. The molecule has 2 rings (SSSR count). The van der Waals surface area contributed by atoms with Gasteiger partial charge in [0.25, 0.3) is 0 Å². The highest BCUT2D eigenvalue weighted by Crippen LogP contribution is 2.17. The van der Waals surface area contributed by atoms with Gasteiger partial charge >= 0.3 is 0 Å². The summed E-state index contributed by atoms with van der Waals surface area (Å²) in [6.07, 6.45) is 5.04. The maximum atomic E-state index is 12.3. The van der Waals surface area contributed by atoms with Crippen LogP contribution in [0.25, 0.3) is 0 Å². The minimum Gasteiger partial charge on any atom is -0.315 e. The number of rotatable bonds is 6. The molecule has 0 radical (unpaired) electrons. The largest absolute Gasteiger partial charge is 0.315 e. The number of piperidine rings is 1. The summed E-state index contributed by atoms with van der Waals surface area (Å²) in [5, 5.41) is 2.82. The fourth-order valence-electron chi connectivity index (χ4n) is 2.45. The second-order valence-electron chi connectivity index (χ2n) is 5.42. The first-order valence-corrected chi connectivity index (χ1v) is 8.98. The van der Waals surface area contributed by atoms with Gasteiger partial charge in [-0.3, -0.25) is 4.72 Å². The molecular weight excluding hydrogens is 272 g/mol. The predicted octanol–water partition coefficient (Wildman–Crippen LogP) is 2.52. The second kappa shape index (κ2) is 7.09. The molecule has 1 heterocycles. The van der Waals surface area contributed by atoms with Gasteiger partial charge in [-0.25, -0.2) is 8.42 Å². The van der Waals surface area contributed by atoms with Crippen LogP contribution in [0.5, 0.6) is 0 Å². The Morgan fingerprint density at radius 2 is 2.05 bits per heavy atom. The Morgan fingerprint density at radius 1 is 1.30 bits per heavy atom. The van der Waals surface area contributed by atoms with Gasteiger partial charge in [0.15, 0.2) is 0 Å². The number of hydrogen-bond donors (Lipinski definition) is 2. The van der Waals surface area contributed by atoms with E-state index in [2.05, 4.69) is 17.0 Å². The molecule has 1 aromatic carbocycles. The van der Waals surface area contributed by atoms with Crippen molar-refractivity contribution in [1.29, 1.82) is 0 Å². The van der Waals surface area contributed by atoms with E-state index in [4.69, 9.17) is 0 Å². The lowest BCUT2D eigenvalue weighted by atomic mass is 10.1. The van der Waals surface area contributed by atoms with Crippen LogP contribution in [0, 0.1) is 0 Å². The van der Waals surface area contributed by atoms with Crippen LogP contribution < -0.4 is 10.0 Å². The van der Waals surface area contributed by atoms with Gasteiger partial charge in [-0.05, 0) is 49.9 Å². The third-order valence-electron chi connectivity index (χ3n) is 3.72. The van der Waals surface area contributed by atoms with Crippen molar-refractivity contribution in [3.8, 4) is 0 Å². The number of aryl methyl sites for hydroxylation is 1. The molecule has 5 heteroatoms. The molecule has 0 amide bonds. The van der Waals surface area contributed by atoms with Gasteiger partial charge in [0.1, 0.15) is 0 Å². The van der Waals surface area contributed by atoms with Crippen LogP contribution in [0.3, 0.4) is 0 Å². The summed E-state index contributed by atoms with van der Waals surface area (Å²) >= 11 is 0. The van der Waals surface area contributed by atoms with Crippen LogP contribution in [0.2, 0.25) is 0 Å². The van der Waals surface area contributed by atoms with E-state index in [0.29, 0.717) is 12.2 Å². The lowest BCUT2D eigenvalue weighted by molar-refractivity contribution is 0.499. The van der Waals surface area contributed by atoms with E-state index in [1.807, 2.05) is 24.3 Å². The summed E-state index contributed by atoms with van der Waals surface area (Å²) in [7, 11) is -3.28. The Bertz CT molecular complexity index is 505. The van der Waals surface area contributed by atoms with Crippen molar-refractivity contribution in [2.45, 2.75) is 44.3 Å². The van der Waals surface area contributed by atoms with Crippen molar-refractivity contribution in [3.63, 3.8) is 0 Å². The average molecular weight is 296 g/mol. The van der Waals surface area contributed by atoms with E-state index in [0.717, 1.165) is 25.8 Å². The highest BCUT2D eigenvalue weighted by atomic mass is 32.2. The topological polar surface area (TPSA) is 58.2 Å². The Morgan fingerprint density at radius 3 is 2.65 bits per heavy atom. The van der Waals surface area contributed by atoms with Crippen molar-refractivity contribution in [2.24, 2.45) is 0 Å². The highest BCUT2D eigenvalue weighted by molar-refractivity contribution is 7.93. The molecule has 1 saturated heterocycles. The first-order chi connectivity index (χ1) is 9.62. The van der Waals surface area contributed by atoms with Crippen LogP contribution in [0.4, 0.5) is 5.69 Å². The van der Waals surface area contributed by atoms with Crippen molar-refractivity contribution in [3.05, 3.63) is 29.8 Å². The van der Waals surface area contributed by atoms with Crippen LogP contribution in [0.15, 0.2) is 24.3 Å². The summed E-state index contributed by atoms with van der Waals surface area (Å²) in [6, 6.07) is 7.73. The maximum Gasteiger partial charge on any atom is 0.236 e. The first-order valence-electron chi connectivity index (χ1n) is 7.43. The van der Waals surface area contributed by atoms with Crippen molar-refractivity contribution >= 4 is 15.7 Å². The fraction of sp³-hybridized carbons (Fsp3) is 0.600. The van der Waals surface area contributed by atoms with Crippen molar-refractivity contribution in [2.75, 3.05) is 17.8 Å². The van der Waals surface area contributed by atoms with Crippen LogP contribution in [-0.4, -0.2) is 26.8 Å². The van der Waals surface area contributed by atoms with Crippen LogP contribution in [0.1, 0.15) is 38.2 Å². The molecule has 0 spiro atoms. The number of benzene rings is 1. The monoisotopic (exact) mass is 296 g/mol. The predicted molar refractivity (Wildman–Crippen MR) is 83.5 cm³/mol. The molecule has 0 bridgehead atoms. The van der Waals surface area contributed by atoms with E-state index in [1.165, 1.54) is 18.4 Å². The Hall–Kier alpha value is -1.07. The quantitative estimate of drug-likeness (QED) is 0.848. The fourth-order valence-corrected chi connectivity index (χ4v) is 3.90. The molecule has 1 unspecified atom stereocenters. The van der Waals surface area contributed by atoms with Crippen LogP contribution >= 0.6 is 0 Å². The van der Waals surface area contributed by atoms with Gasteiger partial charge in [0.2, 0.25) is 10.0 Å². The number of unbranched alkanes of at least 4 members (excludes halogenated alkanes) is 1. The SMILES string of the molecule is CCCCc1ccc(NS(=O)(=O)C2CCCNC2)cc1. The average Bonchev–Trinajstić information content (AvgIpc) is 2.47. The highest BCUT2D eigenvalue weighted by Gasteiger charge is 2.26. The van der Waals surface area contributed by atoms with Gasteiger partial charge < -0.3 is 5.32 Å². The van der Waals surface area contributed by atoms with E-state index in [9.17, 15) is 8.42 Å². The lowest BCUT2D eigenvalue weighted by Gasteiger charge is -2.23. The maximum absolute atomic E-state index is 12.3. The molecule has 0 saturated carbocycles. The van der Waals surface area contributed by atoms with Gasteiger partial charge in [-0.1, -0.05) is 25.5 Å². The zero-order valence-corrected chi connectivity index (χ0v) is 12.9. The molecule has 0 aliphatic carbocycles. The molecule has 1 fully saturated rings. The molecule has 2 N–H and O–H groups in total. The third-order valence-corrected chi connectivity index (χ3v) is 5.52. The second-order valence-corrected chi connectivity index (χ2v) is 7.38. The molecule has 112 valence electrons. The minimum absolute atomic E-state index is 0.323. The normalized spacial score (nSPS) is 19.8. The molecule has 0 aromatic heterocycles. The third kappa shape index (κ3) is 4.21. The molecule has 1 aliphatic heterocycles. The Kier molecular flexibility index (Phi) is 5.43. The minimum atomic E-state index is -3.28. The number of nitrogens with one attached hydrogen (secondary N) is 2. The van der Waals surface area contributed by atoms with E-state index in [1.54, 1.807) is 0 Å². The van der Waals surface area contributed by atoms with E-state index >= 15 is 0 Å². The van der Waals surface area contributed by atoms with Gasteiger partial charge in [-0.2, -0.15) is 0 Å². The van der Waals surface area contributed by atoms with Gasteiger partial charge in [-0.15, -0.1) is 0 Å². The first kappa shape index (κ1) is 15.3. The molecule has 20 heavy (non-hydrogen) atoms. The lowest BCUT2D eigenvalue weighted by Crippen LogP contribution is -2.41. The summed E-state index contributed by atoms with van der Waals surface area (Å²) in [6.45, 7) is 3.63. The zero-order chi connectivity index (χ0) is 14.4. The standard InChI is InChI=1S/C15H24N2O2S/c1-2-3-5-13-7-9-14(10-8-13)17-20(18,19)15-6-4-11-16-12-15/h7-10,15-17H,2-6,11-12H2,1H3. The van der Waals surface area contributed by atoms with Gasteiger partial charge in [0, 0.05) is 12.2 Å². The Labute approximate surface area is 122 Å². The number of hydrogen-bond acceptors (Lipinski definition) is 3. The molecule has 4 nitrogen and oxygen atoms in total. The molecule has 1 aliphatic rings. The van der Waals surface area contributed by atoms with Gasteiger partial charge in [0.05, 0.1) is 5.25 Å². The van der Waals surface area contributed by atoms with Crippen molar-refractivity contribution in [1.82, 2.24) is 5.32 Å². The molecular formula is C15H24N2O2S. The number of anilines is 1. The Balaban J connectivity index is 1.98. The summed E-state index contributed by atoms with van der Waals surface area (Å²) in [4.78, 5) is 0.